The number of hydrogen-bond donors (Lipinski definition) is 1. The highest BCUT2D eigenvalue weighted by Gasteiger charge is 2.41. The predicted molar refractivity (Wildman–Crippen MR) is 69.2 cm³/mol. The normalized spacial score (nSPS) is 28.6. The highest BCUT2D eigenvalue weighted by molar-refractivity contribution is 5.31. The van der Waals surface area contributed by atoms with Crippen molar-refractivity contribution in [3.05, 3.63) is 34.9 Å². The smallest absolute Gasteiger partial charge is 0.0629 e. The van der Waals surface area contributed by atoms with E-state index in [1.807, 2.05) is 0 Å². The van der Waals surface area contributed by atoms with Gasteiger partial charge in [0.1, 0.15) is 0 Å². The van der Waals surface area contributed by atoms with Gasteiger partial charge in [0.05, 0.1) is 12.7 Å². The van der Waals surface area contributed by atoms with Crippen LogP contribution >= 0.6 is 0 Å². The van der Waals surface area contributed by atoms with Crippen LogP contribution in [0.15, 0.2) is 18.2 Å². The molecule has 2 heteroatoms. The van der Waals surface area contributed by atoms with Gasteiger partial charge >= 0.3 is 0 Å². The van der Waals surface area contributed by atoms with Gasteiger partial charge in [0, 0.05) is 12.0 Å². The lowest BCUT2D eigenvalue weighted by molar-refractivity contribution is 0.0271. The molecule has 1 fully saturated rings. The van der Waals surface area contributed by atoms with Crippen molar-refractivity contribution >= 4 is 0 Å². The average Bonchev–Trinajstić information content (AvgIpc) is 2.66. The minimum atomic E-state index is -0.0848. The molecule has 1 aliphatic heterocycles. The van der Waals surface area contributed by atoms with Crippen molar-refractivity contribution in [1.82, 2.24) is 0 Å². The summed E-state index contributed by atoms with van der Waals surface area (Å²) in [6, 6.07) is 6.53. The number of aryl methyl sites for hydroxylation is 2. The van der Waals surface area contributed by atoms with Crippen LogP contribution in [0.1, 0.15) is 30.0 Å². The zero-order valence-electron chi connectivity index (χ0n) is 11.0. The number of hydrogen-bond acceptors (Lipinski definition) is 2. The standard InChI is InChI=1S/C15H22O2/c1-11-4-5-12(2)14(8-11)9-15(10-16)6-7-17-13(15)3/h4-5,8,13,16H,6-7,9-10H2,1-3H3. The molecule has 2 rings (SSSR count). The summed E-state index contributed by atoms with van der Waals surface area (Å²) in [5.74, 6) is 0. The number of benzene rings is 1. The fraction of sp³-hybridized carbons (Fsp3) is 0.600. The van der Waals surface area contributed by atoms with Crippen molar-refractivity contribution in [3.8, 4) is 0 Å². The molecule has 0 aliphatic carbocycles. The first-order chi connectivity index (χ1) is 8.07. The Morgan fingerprint density at radius 3 is 2.76 bits per heavy atom. The number of ether oxygens (including phenoxy) is 1. The van der Waals surface area contributed by atoms with Crippen LogP contribution in [0, 0.1) is 19.3 Å². The van der Waals surface area contributed by atoms with Gasteiger partial charge in [0.2, 0.25) is 0 Å². The highest BCUT2D eigenvalue weighted by Crippen LogP contribution is 2.38. The van der Waals surface area contributed by atoms with Gasteiger partial charge in [-0.3, -0.25) is 0 Å². The summed E-state index contributed by atoms with van der Waals surface area (Å²) in [5, 5.41) is 9.73. The van der Waals surface area contributed by atoms with E-state index < -0.39 is 0 Å². The van der Waals surface area contributed by atoms with E-state index in [-0.39, 0.29) is 18.1 Å². The molecule has 2 atom stereocenters. The van der Waals surface area contributed by atoms with Crippen LogP contribution in [-0.2, 0) is 11.2 Å². The molecule has 94 valence electrons. The van der Waals surface area contributed by atoms with Crippen molar-refractivity contribution in [2.24, 2.45) is 5.41 Å². The highest BCUT2D eigenvalue weighted by atomic mass is 16.5. The fourth-order valence-corrected chi connectivity index (χ4v) is 2.68. The number of rotatable bonds is 3. The molecular formula is C15H22O2. The van der Waals surface area contributed by atoms with Crippen LogP contribution in [0.25, 0.3) is 0 Å². The summed E-state index contributed by atoms with van der Waals surface area (Å²) < 4.78 is 5.64. The molecule has 1 N–H and O–H groups in total. The van der Waals surface area contributed by atoms with Gasteiger partial charge < -0.3 is 9.84 Å². The number of aliphatic hydroxyl groups is 1. The van der Waals surface area contributed by atoms with Gasteiger partial charge in [0.15, 0.2) is 0 Å². The van der Waals surface area contributed by atoms with Gasteiger partial charge in [-0.15, -0.1) is 0 Å². The molecule has 1 saturated heterocycles. The maximum atomic E-state index is 9.73. The first-order valence-corrected chi connectivity index (χ1v) is 6.36. The Bertz CT molecular complexity index is 400. The largest absolute Gasteiger partial charge is 0.396 e. The molecule has 1 heterocycles. The molecule has 0 saturated carbocycles. The summed E-state index contributed by atoms with van der Waals surface area (Å²) in [6.45, 7) is 7.31. The predicted octanol–water partition coefficient (Wildman–Crippen LogP) is 2.63. The summed E-state index contributed by atoms with van der Waals surface area (Å²) in [6.07, 6.45) is 2.02. The second kappa shape index (κ2) is 4.79. The van der Waals surface area contributed by atoms with Crippen LogP contribution in [0.5, 0.6) is 0 Å². The van der Waals surface area contributed by atoms with E-state index in [0.717, 1.165) is 19.4 Å². The lowest BCUT2D eigenvalue weighted by Crippen LogP contribution is -2.35. The van der Waals surface area contributed by atoms with Crippen molar-refractivity contribution in [2.75, 3.05) is 13.2 Å². The Hall–Kier alpha value is -0.860. The minimum Gasteiger partial charge on any atom is -0.396 e. The van der Waals surface area contributed by atoms with Crippen LogP contribution in [0.3, 0.4) is 0 Å². The summed E-state index contributed by atoms with van der Waals surface area (Å²) >= 11 is 0. The van der Waals surface area contributed by atoms with Crippen molar-refractivity contribution < 1.29 is 9.84 Å². The van der Waals surface area contributed by atoms with Crippen molar-refractivity contribution in [1.29, 1.82) is 0 Å². The third-order valence-electron chi connectivity index (χ3n) is 4.19. The second-order valence-corrected chi connectivity index (χ2v) is 5.39. The molecule has 0 spiro atoms. The average molecular weight is 234 g/mol. The van der Waals surface area contributed by atoms with E-state index >= 15 is 0 Å². The molecule has 2 nitrogen and oxygen atoms in total. The number of aliphatic hydroxyl groups excluding tert-OH is 1. The quantitative estimate of drug-likeness (QED) is 0.871. The zero-order valence-corrected chi connectivity index (χ0v) is 11.0. The van der Waals surface area contributed by atoms with Crippen LogP contribution in [0.2, 0.25) is 0 Å². The van der Waals surface area contributed by atoms with Gasteiger partial charge in [-0.05, 0) is 44.7 Å². The molecule has 1 aliphatic rings. The monoisotopic (exact) mass is 234 g/mol. The second-order valence-electron chi connectivity index (χ2n) is 5.39. The SMILES string of the molecule is Cc1ccc(C)c(CC2(CO)CCOC2C)c1. The third-order valence-corrected chi connectivity index (χ3v) is 4.19. The molecule has 0 bridgehead atoms. The van der Waals surface area contributed by atoms with Crippen LogP contribution in [-0.4, -0.2) is 24.4 Å². The summed E-state index contributed by atoms with van der Waals surface area (Å²) in [5.41, 5.74) is 3.85. The minimum absolute atomic E-state index is 0.0848. The molecule has 0 radical (unpaired) electrons. The van der Waals surface area contributed by atoms with Crippen LogP contribution in [0.4, 0.5) is 0 Å². The van der Waals surface area contributed by atoms with Gasteiger partial charge in [-0.25, -0.2) is 0 Å². The molecule has 0 amide bonds. The van der Waals surface area contributed by atoms with E-state index in [9.17, 15) is 5.11 Å². The van der Waals surface area contributed by atoms with Gasteiger partial charge in [0.25, 0.3) is 0 Å². The maximum Gasteiger partial charge on any atom is 0.0629 e. The maximum absolute atomic E-state index is 9.73. The Labute approximate surface area is 104 Å². The summed E-state index contributed by atoms with van der Waals surface area (Å²) in [7, 11) is 0. The Kier molecular flexibility index (Phi) is 3.55. The molecule has 17 heavy (non-hydrogen) atoms. The fourth-order valence-electron chi connectivity index (χ4n) is 2.68. The zero-order chi connectivity index (χ0) is 12.5. The molecule has 2 unspecified atom stereocenters. The third kappa shape index (κ3) is 2.38. The Morgan fingerprint density at radius 2 is 2.18 bits per heavy atom. The molecule has 1 aromatic carbocycles. The molecule has 0 aromatic heterocycles. The van der Waals surface area contributed by atoms with E-state index in [1.165, 1.54) is 16.7 Å². The van der Waals surface area contributed by atoms with E-state index in [1.54, 1.807) is 0 Å². The van der Waals surface area contributed by atoms with E-state index in [0.29, 0.717) is 0 Å². The van der Waals surface area contributed by atoms with Crippen LogP contribution < -0.4 is 0 Å². The molecule has 1 aromatic rings. The van der Waals surface area contributed by atoms with Crippen molar-refractivity contribution in [2.45, 2.75) is 39.7 Å². The van der Waals surface area contributed by atoms with E-state index in [2.05, 4.69) is 39.0 Å². The van der Waals surface area contributed by atoms with Gasteiger partial charge in [-0.2, -0.15) is 0 Å². The summed E-state index contributed by atoms with van der Waals surface area (Å²) in [4.78, 5) is 0. The van der Waals surface area contributed by atoms with E-state index in [4.69, 9.17) is 4.74 Å². The lowest BCUT2D eigenvalue weighted by atomic mass is 9.76. The Morgan fingerprint density at radius 1 is 1.41 bits per heavy atom. The first kappa shape index (κ1) is 12.6. The lowest BCUT2D eigenvalue weighted by Gasteiger charge is -2.30. The van der Waals surface area contributed by atoms with Gasteiger partial charge in [-0.1, -0.05) is 23.8 Å². The Balaban J connectivity index is 2.27. The first-order valence-electron chi connectivity index (χ1n) is 6.36. The topological polar surface area (TPSA) is 29.5 Å². The van der Waals surface area contributed by atoms with Crippen molar-refractivity contribution in [3.63, 3.8) is 0 Å². The molecular weight excluding hydrogens is 212 g/mol.